The third kappa shape index (κ3) is 2.79. The summed E-state index contributed by atoms with van der Waals surface area (Å²) in [6.45, 7) is 7.13. The first-order valence-electron chi connectivity index (χ1n) is 6.45. The molecule has 2 aromatic heterocycles. The fraction of sp³-hybridized carbons (Fsp3) is 0.133. The summed E-state index contributed by atoms with van der Waals surface area (Å²) in [7, 11) is 0. The number of halogens is 1. The molecular weight excluding hydrogens is 304 g/mol. The second-order valence-electron chi connectivity index (χ2n) is 4.42. The zero-order valence-corrected chi connectivity index (χ0v) is 12.5. The summed E-state index contributed by atoms with van der Waals surface area (Å²) in [5.74, 6) is 0.0509. The van der Waals surface area contributed by atoms with Crippen LogP contribution in [0.2, 0.25) is 0 Å². The lowest BCUT2D eigenvalue weighted by molar-refractivity contribution is 0.276. The summed E-state index contributed by atoms with van der Waals surface area (Å²) in [5.41, 5.74) is 6.35. The van der Waals surface area contributed by atoms with Gasteiger partial charge in [-0.1, -0.05) is 36.9 Å². The van der Waals surface area contributed by atoms with Crippen molar-refractivity contribution in [1.82, 2.24) is 14.5 Å². The first-order chi connectivity index (χ1) is 10.5. The summed E-state index contributed by atoms with van der Waals surface area (Å²) in [4.78, 5) is 20.7. The molecule has 2 rings (SSSR count). The summed E-state index contributed by atoms with van der Waals surface area (Å²) in [6.07, 6.45) is 4.42. The number of aliphatic hydroxyl groups is 1. The molecule has 0 aliphatic rings. The number of hydrogen-bond acceptors (Lipinski definition) is 5. The number of pyridine rings is 1. The van der Waals surface area contributed by atoms with Crippen molar-refractivity contribution in [3.63, 3.8) is 0 Å². The second kappa shape index (κ2) is 6.55. The molecule has 3 N–H and O–H groups in total. The third-order valence-electron chi connectivity index (χ3n) is 3.10. The monoisotopic (exact) mass is 318 g/mol. The van der Waals surface area contributed by atoms with Gasteiger partial charge in [0.05, 0.1) is 13.2 Å². The van der Waals surface area contributed by atoms with Crippen LogP contribution in [0.5, 0.6) is 0 Å². The molecule has 22 heavy (non-hydrogen) atoms. The van der Waals surface area contributed by atoms with Crippen molar-refractivity contribution in [2.45, 2.75) is 6.54 Å². The lowest BCUT2D eigenvalue weighted by Gasteiger charge is -2.12. The van der Waals surface area contributed by atoms with E-state index in [1.807, 2.05) is 0 Å². The number of aliphatic hydroxyl groups excluding tert-OH is 1. The average molecular weight is 319 g/mol. The van der Waals surface area contributed by atoms with Crippen LogP contribution in [0, 0.1) is 0 Å². The predicted molar refractivity (Wildman–Crippen MR) is 88.5 cm³/mol. The topological polar surface area (TPSA) is 94.0 Å². The van der Waals surface area contributed by atoms with Gasteiger partial charge in [0.1, 0.15) is 5.65 Å². The van der Waals surface area contributed by atoms with E-state index in [4.69, 9.17) is 17.3 Å². The van der Waals surface area contributed by atoms with Gasteiger partial charge in [0.25, 0.3) is 5.56 Å². The maximum Gasteiger partial charge on any atom is 0.260 e. The van der Waals surface area contributed by atoms with Crippen molar-refractivity contribution in [2.24, 2.45) is 0 Å². The normalized spacial score (nSPS) is 12.1. The Morgan fingerprint density at radius 3 is 2.77 bits per heavy atom. The molecule has 0 spiro atoms. The van der Waals surface area contributed by atoms with Gasteiger partial charge in [-0.25, -0.2) is 4.98 Å². The van der Waals surface area contributed by atoms with Crippen molar-refractivity contribution in [3.05, 3.63) is 58.5 Å². The Kier molecular flexibility index (Phi) is 4.75. The minimum atomic E-state index is -0.352. The zero-order chi connectivity index (χ0) is 16.3. The molecule has 2 aromatic rings. The van der Waals surface area contributed by atoms with Crippen molar-refractivity contribution >= 4 is 34.2 Å². The fourth-order valence-corrected chi connectivity index (χ4v) is 2.30. The molecule has 0 saturated carbocycles. The standard InChI is InChI=1S/C15H15ClN4O2/c1-3-10(12(16)4-2)11-7-9-8-18-15(17)19-13(9)20(5-6-21)14(11)22/h3-4,7-8,21H,1-2,5-6H2,(H2,17,18,19)/b12-10-. The van der Waals surface area contributed by atoms with E-state index in [0.29, 0.717) is 27.2 Å². The van der Waals surface area contributed by atoms with Gasteiger partial charge in [-0.05, 0) is 6.07 Å². The lowest BCUT2D eigenvalue weighted by atomic mass is 10.1. The van der Waals surface area contributed by atoms with Gasteiger partial charge in [0.2, 0.25) is 5.95 Å². The number of nitrogens with two attached hydrogens (primary N) is 1. The molecule has 2 heterocycles. The molecule has 0 bridgehead atoms. The van der Waals surface area contributed by atoms with Crippen LogP contribution < -0.4 is 11.3 Å². The maximum atomic E-state index is 12.7. The highest BCUT2D eigenvalue weighted by Crippen LogP contribution is 2.23. The summed E-state index contributed by atoms with van der Waals surface area (Å²) < 4.78 is 1.33. The van der Waals surface area contributed by atoms with E-state index in [9.17, 15) is 9.90 Å². The molecule has 0 aromatic carbocycles. The zero-order valence-electron chi connectivity index (χ0n) is 11.8. The van der Waals surface area contributed by atoms with Crippen LogP contribution in [0.4, 0.5) is 5.95 Å². The van der Waals surface area contributed by atoms with Crippen LogP contribution in [0.25, 0.3) is 16.6 Å². The molecule has 114 valence electrons. The molecule has 0 atom stereocenters. The molecule has 6 nitrogen and oxygen atoms in total. The van der Waals surface area contributed by atoms with Gasteiger partial charge in [0.15, 0.2) is 0 Å². The van der Waals surface area contributed by atoms with Gasteiger partial charge in [-0.15, -0.1) is 0 Å². The first kappa shape index (κ1) is 15.9. The number of allylic oxidation sites excluding steroid dienone is 4. The van der Waals surface area contributed by atoms with E-state index in [2.05, 4.69) is 23.1 Å². The van der Waals surface area contributed by atoms with E-state index in [1.165, 1.54) is 22.9 Å². The Balaban J connectivity index is 2.91. The largest absolute Gasteiger partial charge is 0.395 e. The summed E-state index contributed by atoms with van der Waals surface area (Å²) >= 11 is 6.09. The highest BCUT2D eigenvalue weighted by molar-refractivity contribution is 6.34. The molecule has 0 aliphatic carbocycles. The van der Waals surface area contributed by atoms with Crippen molar-refractivity contribution in [3.8, 4) is 0 Å². The molecule has 0 aliphatic heterocycles. The third-order valence-corrected chi connectivity index (χ3v) is 3.46. The minimum absolute atomic E-state index is 0.0509. The number of hydrogen-bond donors (Lipinski definition) is 2. The molecule has 0 radical (unpaired) electrons. The van der Waals surface area contributed by atoms with Crippen molar-refractivity contribution < 1.29 is 5.11 Å². The van der Waals surface area contributed by atoms with Gasteiger partial charge < -0.3 is 10.8 Å². The van der Waals surface area contributed by atoms with E-state index in [-0.39, 0.29) is 24.7 Å². The maximum absolute atomic E-state index is 12.7. The van der Waals surface area contributed by atoms with Crippen LogP contribution in [0.15, 0.2) is 47.4 Å². The van der Waals surface area contributed by atoms with E-state index in [1.54, 1.807) is 6.07 Å². The van der Waals surface area contributed by atoms with Crippen molar-refractivity contribution in [1.29, 1.82) is 0 Å². The Hall–Kier alpha value is -2.44. The second-order valence-corrected chi connectivity index (χ2v) is 4.82. The quantitative estimate of drug-likeness (QED) is 0.818. The van der Waals surface area contributed by atoms with Gasteiger partial charge in [0, 0.05) is 27.8 Å². The smallest absolute Gasteiger partial charge is 0.260 e. The van der Waals surface area contributed by atoms with Crippen LogP contribution >= 0.6 is 11.6 Å². The number of fused-ring (bicyclic) bond motifs is 1. The first-order valence-corrected chi connectivity index (χ1v) is 6.83. The van der Waals surface area contributed by atoms with Crippen LogP contribution in [-0.2, 0) is 6.54 Å². The Bertz CT molecular complexity index is 839. The number of rotatable bonds is 5. The number of nitrogens with zero attached hydrogens (tertiary/aromatic N) is 3. The summed E-state index contributed by atoms with van der Waals surface area (Å²) in [6, 6.07) is 1.62. The molecular formula is C15H15ClN4O2. The van der Waals surface area contributed by atoms with E-state index >= 15 is 0 Å². The molecule has 0 amide bonds. The lowest BCUT2D eigenvalue weighted by Crippen LogP contribution is -2.26. The molecule has 7 heteroatoms. The van der Waals surface area contributed by atoms with Gasteiger partial charge >= 0.3 is 0 Å². The van der Waals surface area contributed by atoms with E-state index < -0.39 is 0 Å². The highest BCUT2D eigenvalue weighted by atomic mass is 35.5. The number of nitrogen functional groups attached to an aromatic ring is 1. The van der Waals surface area contributed by atoms with Crippen LogP contribution in [0.1, 0.15) is 5.56 Å². The predicted octanol–water partition coefficient (Wildman–Crippen LogP) is 1.69. The van der Waals surface area contributed by atoms with Crippen molar-refractivity contribution in [2.75, 3.05) is 12.3 Å². The average Bonchev–Trinajstić information content (AvgIpc) is 2.52. The van der Waals surface area contributed by atoms with Crippen LogP contribution in [0.3, 0.4) is 0 Å². The van der Waals surface area contributed by atoms with Crippen LogP contribution in [-0.4, -0.2) is 26.2 Å². The molecule has 0 unspecified atom stereocenters. The molecule has 0 fully saturated rings. The van der Waals surface area contributed by atoms with Gasteiger partial charge in [-0.2, -0.15) is 4.98 Å². The number of anilines is 1. The van der Waals surface area contributed by atoms with Gasteiger partial charge in [-0.3, -0.25) is 9.36 Å². The Morgan fingerprint density at radius 1 is 1.45 bits per heavy atom. The van der Waals surface area contributed by atoms with E-state index in [0.717, 1.165) is 0 Å². The minimum Gasteiger partial charge on any atom is -0.395 e. The number of aromatic nitrogens is 3. The fourth-order valence-electron chi connectivity index (χ4n) is 2.12. The highest BCUT2D eigenvalue weighted by Gasteiger charge is 2.14. The molecule has 0 saturated heterocycles. The summed E-state index contributed by atoms with van der Waals surface area (Å²) in [5, 5.41) is 10.1. The Morgan fingerprint density at radius 2 is 2.18 bits per heavy atom. The Labute approximate surface area is 131 Å². The SMILES string of the molecule is C=C/C(Cl)=C(\C=C)c1cc2cnc(N)nc2n(CCO)c1=O.